The SMILES string of the molecule is CCN(CCCN)C(N)=O. The van der Waals surface area contributed by atoms with E-state index in [1.807, 2.05) is 6.92 Å². The van der Waals surface area contributed by atoms with Gasteiger partial charge in [-0.25, -0.2) is 4.79 Å². The molecule has 2 amide bonds. The number of primary amides is 1. The van der Waals surface area contributed by atoms with Crippen LogP contribution in [-0.4, -0.2) is 30.6 Å². The maximum absolute atomic E-state index is 10.5. The van der Waals surface area contributed by atoms with Gasteiger partial charge in [0.15, 0.2) is 0 Å². The summed E-state index contributed by atoms with van der Waals surface area (Å²) in [5, 5.41) is 0. The quantitative estimate of drug-likeness (QED) is 0.572. The molecule has 0 spiro atoms. The number of amides is 2. The Bertz CT molecular complexity index is 105. The van der Waals surface area contributed by atoms with Crippen LogP contribution in [0.2, 0.25) is 0 Å². The fourth-order valence-electron chi connectivity index (χ4n) is 0.706. The molecule has 0 unspecified atom stereocenters. The number of nitrogens with zero attached hydrogens (tertiary/aromatic N) is 1. The molecule has 0 fully saturated rings. The van der Waals surface area contributed by atoms with Gasteiger partial charge in [-0.05, 0) is 19.9 Å². The summed E-state index contributed by atoms with van der Waals surface area (Å²) in [6, 6.07) is -0.365. The highest BCUT2D eigenvalue weighted by Gasteiger charge is 2.03. The standard InChI is InChI=1S/C6H15N3O/c1-2-9(6(8)10)5-3-4-7/h2-5,7H2,1H3,(H2,8,10). The van der Waals surface area contributed by atoms with Gasteiger partial charge in [0, 0.05) is 13.1 Å². The summed E-state index contributed by atoms with van der Waals surface area (Å²) in [7, 11) is 0. The molecular formula is C6H15N3O. The van der Waals surface area contributed by atoms with Gasteiger partial charge in [-0.15, -0.1) is 0 Å². The van der Waals surface area contributed by atoms with E-state index >= 15 is 0 Å². The van der Waals surface area contributed by atoms with E-state index in [1.54, 1.807) is 4.90 Å². The zero-order chi connectivity index (χ0) is 7.98. The predicted molar refractivity (Wildman–Crippen MR) is 40.5 cm³/mol. The van der Waals surface area contributed by atoms with E-state index in [9.17, 15) is 4.79 Å². The maximum atomic E-state index is 10.5. The highest BCUT2D eigenvalue weighted by molar-refractivity contribution is 5.71. The Hall–Kier alpha value is -0.770. The minimum Gasteiger partial charge on any atom is -0.351 e. The monoisotopic (exact) mass is 145 g/mol. The van der Waals surface area contributed by atoms with E-state index in [1.165, 1.54) is 0 Å². The van der Waals surface area contributed by atoms with Crippen molar-refractivity contribution in [2.24, 2.45) is 11.5 Å². The second-order valence-corrected chi connectivity index (χ2v) is 2.06. The average molecular weight is 145 g/mol. The molecule has 0 bridgehead atoms. The Morgan fingerprint density at radius 3 is 2.50 bits per heavy atom. The third kappa shape index (κ3) is 3.29. The van der Waals surface area contributed by atoms with Crippen LogP contribution in [-0.2, 0) is 0 Å². The van der Waals surface area contributed by atoms with E-state index < -0.39 is 0 Å². The van der Waals surface area contributed by atoms with E-state index in [-0.39, 0.29) is 6.03 Å². The first-order valence-electron chi connectivity index (χ1n) is 3.46. The van der Waals surface area contributed by atoms with Crippen molar-refractivity contribution in [2.75, 3.05) is 19.6 Å². The van der Waals surface area contributed by atoms with Gasteiger partial charge in [-0.2, -0.15) is 0 Å². The first kappa shape index (κ1) is 9.23. The van der Waals surface area contributed by atoms with Crippen molar-refractivity contribution in [1.82, 2.24) is 4.90 Å². The van der Waals surface area contributed by atoms with Crippen LogP contribution in [0.1, 0.15) is 13.3 Å². The van der Waals surface area contributed by atoms with Crippen LogP contribution in [0.5, 0.6) is 0 Å². The van der Waals surface area contributed by atoms with E-state index in [4.69, 9.17) is 11.5 Å². The maximum Gasteiger partial charge on any atom is 0.314 e. The van der Waals surface area contributed by atoms with Crippen molar-refractivity contribution in [3.63, 3.8) is 0 Å². The van der Waals surface area contributed by atoms with Gasteiger partial charge in [-0.3, -0.25) is 0 Å². The lowest BCUT2D eigenvalue weighted by Gasteiger charge is -2.16. The van der Waals surface area contributed by atoms with Crippen LogP contribution in [0.3, 0.4) is 0 Å². The molecule has 0 radical (unpaired) electrons. The van der Waals surface area contributed by atoms with Crippen molar-refractivity contribution < 1.29 is 4.79 Å². The summed E-state index contributed by atoms with van der Waals surface area (Å²) < 4.78 is 0. The van der Waals surface area contributed by atoms with Crippen LogP contribution >= 0.6 is 0 Å². The van der Waals surface area contributed by atoms with Gasteiger partial charge in [0.25, 0.3) is 0 Å². The van der Waals surface area contributed by atoms with Gasteiger partial charge in [-0.1, -0.05) is 0 Å². The summed E-state index contributed by atoms with van der Waals surface area (Å²) in [6.45, 7) is 3.82. The van der Waals surface area contributed by atoms with Crippen LogP contribution in [0.15, 0.2) is 0 Å². The summed E-state index contributed by atoms with van der Waals surface area (Å²) in [5.41, 5.74) is 10.3. The Labute approximate surface area is 61.2 Å². The van der Waals surface area contributed by atoms with Gasteiger partial charge < -0.3 is 16.4 Å². The van der Waals surface area contributed by atoms with Crippen molar-refractivity contribution >= 4 is 6.03 Å². The first-order valence-corrected chi connectivity index (χ1v) is 3.46. The second-order valence-electron chi connectivity index (χ2n) is 2.06. The number of carbonyl (C=O) groups excluding carboxylic acids is 1. The molecule has 0 aliphatic rings. The molecule has 0 aromatic carbocycles. The summed E-state index contributed by atoms with van der Waals surface area (Å²) in [4.78, 5) is 12.1. The molecule has 60 valence electrons. The molecule has 0 heterocycles. The third-order valence-electron chi connectivity index (χ3n) is 1.33. The largest absolute Gasteiger partial charge is 0.351 e. The van der Waals surface area contributed by atoms with Crippen molar-refractivity contribution in [3.8, 4) is 0 Å². The number of hydrogen-bond donors (Lipinski definition) is 2. The van der Waals surface area contributed by atoms with Crippen molar-refractivity contribution in [2.45, 2.75) is 13.3 Å². The van der Waals surface area contributed by atoms with E-state index in [0.29, 0.717) is 19.6 Å². The van der Waals surface area contributed by atoms with Crippen LogP contribution in [0.25, 0.3) is 0 Å². The predicted octanol–water partition coefficient (Wildman–Crippen LogP) is -0.264. The molecule has 0 rings (SSSR count). The molecular weight excluding hydrogens is 130 g/mol. The molecule has 4 nitrogen and oxygen atoms in total. The van der Waals surface area contributed by atoms with Gasteiger partial charge >= 0.3 is 6.03 Å². The number of rotatable bonds is 4. The van der Waals surface area contributed by atoms with Crippen LogP contribution < -0.4 is 11.5 Å². The lowest BCUT2D eigenvalue weighted by atomic mass is 10.4. The smallest absolute Gasteiger partial charge is 0.314 e. The van der Waals surface area contributed by atoms with Crippen LogP contribution in [0.4, 0.5) is 4.79 Å². The number of nitrogens with two attached hydrogens (primary N) is 2. The van der Waals surface area contributed by atoms with Crippen LogP contribution in [0, 0.1) is 0 Å². The molecule has 0 aromatic rings. The highest BCUT2D eigenvalue weighted by atomic mass is 16.2. The zero-order valence-electron chi connectivity index (χ0n) is 6.34. The fourth-order valence-corrected chi connectivity index (χ4v) is 0.706. The first-order chi connectivity index (χ1) is 4.72. The normalized spacial score (nSPS) is 9.40. The average Bonchev–Trinajstić information content (AvgIpc) is 1.89. The molecule has 4 heteroatoms. The highest BCUT2D eigenvalue weighted by Crippen LogP contribution is 1.88. The van der Waals surface area contributed by atoms with Crippen molar-refractivity contribution in [3.05, 3.63) is 0 Å². The molecule has 0 aliphatic heterocycles. The number of hydrogen-bond acceptors (Lipinski definition) is 2. The molecule has 4 N–H and O–H groups in total. The minimum absolute atomic E-state index is 0.365. The lowest BCUT2D eigenvalue weighted by Crippen LogP contribution is -2.36. The van der Waals surface area contributed by atoms with E-state index in [0.717, 1.165) is 6.42 Å². The van der Waals surface area contributed by atoms with E-state index in [2.05, 4.69) is 0 Å². The molecule has 10 heavy (non-hydrogen) atoms. The zero-order valence-corrected chi connectivity index (χ0v) is 6.34. The number of carbonyl (C=O) groups is 1. The lowest BCUT2D eigenvalue weighted by molar-refractivity contribution is 0.210. The second kappa shape index (κ2) is 5.05. The fraction of sp³-hybridized carbons (Fsp3) is 0.833. The van der Waals surface area contributed by atoms with Gasteiger partial charge in [0.1, 0.15) is 0 Å². The Morgan fingerprint density at radius 2 is 2.20 bits per heavy atom. The van der Waals surface area contributed by atoms with Gasteiger partial charge in [0.05, 0.1) is 0 Å². The molecule has 0 atom stereocenters. The molecule has 0 aromatic heterocycles. The minimum atomic E-state index is -0.365. The third-order valence-corrected chi connectivity index (χ3v) is 1.33. The van der Waals surface area contributed by atoms with Crippen molar-refractivity contribution in [1.29, 1.82) is 0 Å². The molecule has 0 saturated carbocycles. The Morgan fingerprint density at radius 1 is 1.60 bits per heavy atom. The Balaban J connectivity index is 3.50. The summed E-state index contributed by atoms with van der Waals surface area (Å²) >= 11 is 0. The summed E-state index contributed by atoms with van der Waals surface area (Å²) in [5.74, 6) is 0. The van der Waals surface area contributed by atoms with Gasteiger partial charge in [0.2, 0.25) is 0 Å². The molecule has 0 saturated heterocycles. The Kier molecular flexibility index (Phi) is 4.66. The summed E-state index contributed by atoms with van der Waals surface area (Å²) in [6.07, 6.45) is 0.816. The molecule has 0 aliphatic carbocycles. The topological polar surface area (TPSA) is 72.3 Å². The number of urea groups is 1.